The van der Waals surface area contributed by atoms with E-state index in [1.807, 2.05) is 0 Å². The normalized spacial score (nSPS) is 13.0. The monoisotopic (exact) mass is 454 g/mol. The Hall–Kier alpha value is -4.82. The van der Waals surface area contributed by atoms with E-state index in [4.69, 9.17) is 0 Å². The van der Waals surface area contributed by atoms with Gasteiger partial charge in [0.1, 0.15) is 0 Å². The van der Waals surface area contributed by atoms with Gasteiger partial charge < -0.3 is 8.80 Å². The van der Waals surface area contributed by atoms with Gasteiger partial charge in [-0.1, -0.05) is 97.1 Å². The van der Waals surface area contributed by atoms with Crippen LogP contribution in [0.1, 0.15) is 0 Å². The lowest BCUT2D eigenvalue weighted by Gasteiger charge is -2.06. The predicted molar refractivity (Wildman–Crippen MR) is 153 cm³/mol. The van der Waals surface area contributed by atoms with Crippen LogP contribution in [-0.2, 0) is 0 Å². The van der Waals surface area contributed by atoms with E-state index in [0.29, 0.717) is 0 Å². The molecule has 0 fully saturated rings. The average molecular weight is 455 g/mol. The van der Waals surface area contributed by atoms with Crippen molar-refractivity contribution < 1.29 is 0 Å². The van der Waals surface area contributed by atoms with E-state index in [0.717, 1.165) is 0 Å². The summed E-state index contributed by atoms with van der Waals surface area (Å²) in [5, 5.41) is 13.2. The van der Waals surface area contributed by atoms with Crippen molar-refractivity contribution in [3.8, 4) is 0 Å². The van der Waals surface area contributed by atoms with Gasteiger partial charge in [0.2, 0.25) is 0 Å². The summed E-state index contributed by atoms with van der Waals surface area (Å²) in [6.45, 7) is 0. The molecule has 0 aliphatic heterocycles. The molecule has 0 aliphatic rings. The molecule has 2 nitrogen and oxygen atoms in total. The second-order valence-corrected chi connectivity index (χ2v) is 10.1. The maximum absolute atomic E-state index is 2.51. The number of fused-ring (bicyclic) bond motifs is 15. The van der Waals surface area contributed by atoms with Crippen molar-refractivity contribution in [2.45, 2.75) is 0 Å². The molecule has 0 aliphatic carbocycles. The smallest absolute Gasteiger partial charge is 0.0620 e. The van der Waals surface area contributed by atoms with Gasteiger partial charge in [0.15, 0.2) is 0 Å². The highest BCUT2D eigenvalue weighted by atomic mass is 14.9. The fourth-order valence-corrected chi connectivity index (χ4v) is 7.23. The molecular weight excluding hydrogens is 436 g/mol. The molecule has 10 rings (SSSR count). The Kier molecular flexibility index (Phi) is 2.78. The standard InChI is InChI=1S/C34H18N2/c1-3-13-29-19(7-1)21-9-5-11-23-25-15-18-28-27(33(25)35(29)31(21)23)17-16-26-24-12-6-10-22-20-8-2-4-14-30(20)36(32(22)24)34(26)28/h1-18H. The lowest BCUT2D eigenvalue weighted by molar-refractivity contribution is 1.37. The SMILES string of the molecule is c1ccc2c(c1)c1cccc3c4ccc5c(ccc6c7cccc8c9ccccc9n(c87)c65)c4n2c13. The number of rotatable bonds is 0. The molecule has 0 amide bonds. The van der Waals surface area contributed by atoms with Crippen molar-refractivity contribution in [3.05, 3.63) is 109 Å². The highest BCUT2D eigenvalue weighted by Crippen LogP contribution is 2.45. The molecule has 164 valence electrons. The van der Waals surface area contributed by atoms with E-state index >= 15 is 0 Å². The van der Waals surface area contributed by atoms with Gasteiger partial charge in [0.25, 0.3) is 0 Å². The number of nitrogens with zero attached hydrogens (tertiary/aromatic N) is 2. The second kappa shape index (κ2) is 5.69. The highest BCUT2D eigenvalue weighted by Gasteiger charge is 2.22. The summed E-state index contributed by atoms with van der Waals surface area (Å²) in [5.74, 6) is 0. The van der Waals surface area contributed by atoms with Crippen molar-refractivity contribution in [2.24, 2.45) is 0 Å². The lowest BCUT2D eigenvalue weighted by atomic mass is 10.0. The summed E-state index contributed by atoms with van der Waals surface area (Å²) < 4.78 is 5.02. The molecular formula is C34H18N2. The van der Waals surface area contributed by atoms with Gasteiger partial charge in [-0.2, -0.15) is 0 Å². The fraction of sp³-hybridized carbons (Fsp3) is 0. The van der Waals surface area contributed by atoms with Crippen molar-refractivity contribution in [1.82, 2.24) is 8.80 Å². The average Bonchev–Trinajstić information content (AvgIpc) is 3.66. The van der Waals surface area contributed by atoms with Gasteiger partial charge in [-0.25, -0.2) is 0 Å². The third kappa shape index (κ3) is 1.75. The zero-order valence-corrected chi connectivity index (χ0v) is 19.3. The van der Waals surface area contributed by atoms with Crippen LogP contribution >= 0.6 is 0 Å². The molecule has 2 heteroatoms. The zero-order valence-electron chi connectivity index (χ0n) is 19.3. The van der Waals surface area contributed by atoms with E-state index in [-0.39, 0.29) is 0 Å². The van der Waals surface area contributed by atoms with Crippen LogP contribution in [0.15, 0.2) is 109 Å². The van der Waals surface area contributed by atoms with Crippen LogP contribution in [-0.4, -0.2) is 8.80 Å². The maximum atomic E-state index is 2.51. The van der Waals surface area contributed by atoms with Gasteiger partial charge in [-0.15, -0.1) is 0 Å². The van der Waals surface area contributed by atoms with Crippen LogP contribution in [0.25, 0.3) is 87.0 Å². The molecule has 10 aromatic rings. The molecule has 36 heavy (non-hydrogen) atoms. The fourth-order valence-electron chi connectivity index (χ4n) is 7.23. The van der Waals surface area contributed by atoms with Gasteiger partial charge >= 0.3 is 0 Å². The van der Waals surface area contributed by atoms with Crippen molar-refractivity contribution in [3.63, 3.8) is 0 Å². The second-order valence-electron chi connectivity index (χ2n) is 10.1. The Labute approximate surface area is 204 Å². The minimum atomic E-state index is 1.28. The molecule has 0 N–H and O–H groups in total. The van der Waals surface area contributed by atoms with E-state index in [1.165, 1.54) is 87.0 Å². The minimum absolute atomic E-state index is 1.28. The Morgan fingerprint density at radius 2 is 0.528 bits per heavy atom. The largest absolute Gasteiger partial charge is 0.307 e. The van der Waals surface area contributed by atoms with Gasteiger partial charge in [-0.3, -0.25) is 0 Å². The number of para-hydroxylation sites is 4. The maximum Gasteiger partial charge on any atom is 0.0620 e. The summed E-state index contributed by atoms with van der Waals surface area (Å²) in [6, 6.07) is 40.6. The molecule has 0 saturated carbocycles. The van der Waals surface area contributed by atoms with Gasteiger partial charge in [0, 0.05) is 53.9 Å². The van der Waals surface area contributed by atoms with Crippen molar-refractivity contribution >= 4 is 87.0 Å². The first-order chi connectivity index (χ1) is 17.9. The quantitative estimate of drug-likeness (QED) is 0.216. The molecule has 0 atom stereocenters. The van der Waals surface area contributed by atoms with Gasteiger partial charge in [0.05, 0.1) is 33.1 Å². The summed E-state index contributed by atoms with van der Waals surface area (Å²) in [6.07, 6.45) is 0. The zero-order chi connectivity index (χ0) is 23.1. The van der Waals surface area contributed by atoms with Crippen molar-refractivity contribution in [1.29, 1.82) is 0 Å². The Morgan fingerprint density at radius 1 is 0.250 bits per heavy atom. The third-order valence-electron chi connectivity index (χ3n) is 8.56. The van der Waals surface area contributed by atoms with E-state index in [1.54, 1.807) is 0 Å². The molecule has 0 unspecified atom stereocenters. The Bertz CT molecular complexity index is 2340. The third-order valence-corrected chi connectivity index (χ3v) is 8.56. The molecule has 0 bridgehead atoms. The van der Waals surface area contributed by atoms with E-state index in [2.05, 4.69) is 118 Å². The van der Waals surface area contributed by atoms with Crippen LogP contribution in [0.4, 0.5) is 0 Å². The summed E-state index contributed by atoms with van der Waals surface area (Å²) in [5.41, 5.74) is 7.85. The minimum Gasteiger partial charge on any atom is -0.307 e. The molecule has 4 aromatic heterocycles. The molecule has 0 saturated heterocycles. The van der Waals surface area contributed by atoms with Crippen molar-refractivity contribution in [2.75, 3.05) is 0 Å². The molecule has 0 spiro atoms. The van der Waals surface area contributed by atoms with Crippen LogP contribution in [0.5, 0.6) is 0 Å². The summed E-state index contributed by atoms with van der Waals surface area (Å²) in [7, 11) is 0. The first-order valence-electron chi connectivity index (χ1n) is 12.6. The summed E-state index contributed by atoms with van der Waals surface area (Å²) >= 11 is 0. The predicted octanol–water partition coefficient (Wildman–Crippen LogP) is 9.14. The molecule has 6 aromatic carbocycles. The number of hydrogen-bond acceptors (Lipinski definition) is 0. The molecule has 0 radical (unpaired) electrons. The summed E-state index contributed by atoms with van der Waals surface area (Å²) in [4.78, 5) is 0. The number of aromatic nitrogens is 2. The topological polar surface area (TPSA) is 8.82 Å². The van der Waals surface area contributed by atoms with Crippen LogP contribution in [0.2, 0.25) is 0 Å². The van der Waals surface area contributed by atoms with Gasteiger partial charge in [-0.05, 0) is 12.1 Å². The number of hydrogen-bond donors (Lipinski definition) is 0. The number of benzene rings is 6. The Morgan fingerprint density at radius 3 is 0.917 bits per heavy atom. The van der Waals surface area contributed by atoms with Crippen LogP contribution in [0, 0.1) is 0 Å². The van der Waals surface area contributed by atoms with Crippen LogP contribution in [0.3, 0.4) is 0 Å². The lowest BCUT2D eigenvalue weighted by Crippen LogP contribution is -1.86. The van der Waals surface area contributed by atoms with E-state index in [9.17, 15) is 0 Å². The van der Waals surface area contributed by atoms with E-state index < -0.39 is 0 Å². The first kappa shape index (κ1) is 17.6. The molecule has 4 heterocycles. The Balaban J connectivity index is 1.55. The van der Waals surface area contributed by atoms with Crippen LogP contribution < -0.4 is 0 Å². The highest BCUT2D eigenvalue weighted by molar-refractivity contribution is 6.32. The first-order valence-corrected chi connectivity index (χ1v) is 12.6.